The van der Waals surface area contributed by atoms with Gasteiger partial charge in [0, 0.05) is 18.4 Å². The van der Waals surface area contributed by atoms with E-state index in [1.165, 1.54) is 25.7 Å². The summed E-state index contributed by atoms with van der Waals surface area (Å²) in [4.78, 5) is 0. The number of nitrogens with two attached hydrogens (primary N) is 2. The van der Waals surface area contributed by atoms with Crippen LogP contribution in [0, 0.1) is 0 Å². The number of nitrogens with zero attached hydrogens (tertiary/aromatic N) is 1. The third-order valence-electron chi connectivity index (χ3n) is 2.42. The van der Waals surface area contributed by atoms with Gasteiger partial charge in [-0.2, -0.15) is 0 Å². The Labute approximate surface area is 94.5 Å². The van der Waals surface area contributed by atoms with Crippen LogP contribution in [0.4, 0.5) is 0 Å². The van der Waals surface area contributed by atoms with E-state index in [4.69, 9.17) is 11.6 Å². The average molecular weight is 213 g/mol. The molecule has 0 radical (unpaired) electrons. The highest BCUT2D eigenvalue weighted by Gasteiger charge is 1.95. The van der Waals surface area contributed by atoms with Gasteiger partial charge in [-0.05, 0) is 19.3 Å². The Hall–Kier alpha value is -0.700. The van der Waals surface area contributed by atoms with E-state index in [0.29, 0.717) is 0 Å². The van der Waals surface area contributed by atoms with Crippen LogP contribution in [0.25, 0.3) is 0 Å². The maximum Gasteiger partial charge on any atom is 0.0342 e. The zero-order chi connectivity index (χ0) is 11.5. The van der Waals surface area contributed by atoms with Gasteiger partial charge < -0.3 is 10.7 Å². The number of hydrogen-bond donors (Lipinski definition) is 2. The van der Waals surface area contributed by atoms with Crippen molar-refractivity contribution in [1.29, 1.82) is 0 Å². The van der Waals surface area contributed by atoms with Gasteiger partial charge in [0.2, 0.25) is 0 Å². The van der Waals surface area contributed by atoms with Crippen LogP contribution in [0.5, 0.6) is 0 Å². The highest BCUT2D eigenvalue weighted by Crippen LogP contribution is 2.06. The molecule has 0 aromatic carbocycles. The molecule has 0 spiro atoms. The Morgan fingerprint density at radius 1 is 1.07 bits per heavy atom. The van der Waals surface area contributed by atoms with E-state index in [2.05, 4.69) is 13.8 Å². The number of hydrogen-bond acceptors (Lipinski definition) is 3. The molecule has 0 saturated heterocycles. The lowest BCUT2D eigenvalue weighted by atomic mass is 10.1. The first-order valence-corrected chi connectivity index (χ1v) is 6.18. The molecular formula is C12H27N3. The summed E-state index contributed by atoms with van der Waals surface area (Å²) in [7, 11) is 0. The second-order valence-electron chi connectivity index (χ2n) is 4.11. The topological polar surface area (TPSA) is 55.3 Å². The molecule has 0 aliphatic heterocycles. The zero-order valence-electron chi connectivity index (χ0n) is 10.3. The molecule has 0 rings (SSSR count). The summed E-state index contributed by atoms with van der Waals surface area (Å²) in [6, 6.07) is 0. The normalized spacial score (nSPS) is 11.8. The van der Waals surface area contributed by atoms with E-state index in [1.54, 1.807) is 5.01 Å². The lowest BCUT2D eigenvalue weighted by molar-refractivity contribution is 0.379. The molecule has 0 amide bonds. The van der Waals surface area contributed by atoms with Crippen molar-refractivity contribution in [2.24, 2.45) is 11.6 Å². The van der Waals surface area contributed by atoms with Crippen LogP contribution in [0.1, 0.15) is 58.8 Å². The Balaban J connectivity index is 3.57. The number of allylic oxidation sites excluding steroid dienone is 1. The van der Waals surface area contributed by atoms with E-state index in [1.807, 2.05) is 6.20 Å². The Kier molecular flexibility index (Phi) is 9.38. The third kappa shape index (κ3) is 9.60. The SMILES string of the molecule is CCCCCC/C(N)=C/N(N)CCCC. The molecule has 0 bridgehead atoms. The molecule has 0 aliphatic rings. The number of hydrazine groups is 1. The standard InChI is InChI=1S/C12H27N3/c1-3-5-7-8-9-12(13)11-15(14)10-6-4-2/h11H,3-10,13-14H2,1-2H3/b12-11-. The predicted molar refractivity (Wildman–Crippen MR) is 66.8 cm³/mol. The fourth-order valence-electron chi connectivity index (χ4n) is 1.44. The van der Waals surface area contributed by atoms with Crippen molar-refractivity contribution >= 4 is 0 Å². The maximum absolute atomic E-state index is 5.87. The zero-order valence-corrected chi connectivity index (χ0v) is 10.3. The molecule has 15 heavy (non-hydrogen) atoms. The van der Waals surface area contributed by atoms with E-state index in [0.717, 1.165) is 31.5 Å². The maximum atomic E-state index is 5.87. The highest BCUT2D eigenvalue weighted by atomic mass is 15.4. The van der Waals surface area contributed by atoms with Crippen molar-refractivity contribution in [3.05, 3.63) is 11.9 Å². The summed E-state index contributed by atoms with van der Waals surface area (Å²) >= 11 is 0. The molecule has 0 heterocycles. The molecule has 0 atom stereocenters. The van der Waals surface area contributed by atoms with Crippen molar-refractivity contribution in [2.75, 3.05) is 6.54 Å². The van der Waals surface area contributed by atoms with Crippen LogP contribution in [0.15, 0.2) is 11.9 Å². The van der Waals surface area contributed by atoms with Crippen LogP contribution in [0.2, 0.25) is 0 Å². The van der Waals surface area contributed by atoms with Gasteiger partial charge in [-0.15, -0.1) is 0 Å². The van der Waals surface area contributed by atoms with E-state index in [-0.39, 0.29) is 0 Å². The van der Waals surface area contributed by atoms with Crippen molar-refractivity contribution in [1.82, 2.24) is 5.01 Å². The molecular weight excluding hydrogens is 186 g/mol. The van der Waals surface area contributed by atoms with Gasteiger partial charge in [-0.1, -0.05) is 39.5 Å². The highest BCUT2D eigenvalue weighted by molar-refractivity contribution is 4.94. The summed E-state index contributed by atoms with van der Waals surface area (Å²) in [6.45, 7) is 5.27. The summed E-state index contributed by atoms with van der Waals surface area (Å²) in [6.07, 6.45) is 10.1. The first-order chi connectivity index (χ1) is 7.20. The quantitative estimate of drug-likeness (QED) is 0.352. The number of rotatable bonds is 9. The summed E-state index contributed by atoms with van der Waals surface area (Å²) < 4.78 is 0. The molecule has 3 nitrogen and oxygen atoms in total. The van der Waals surface area contributed by atoms with E-state index >= 15 is 0 Å². The Morgan fingerprint density at radius 2 is 1.73 bits per heavy atom. The summed E-state index contributed by atoms with van der Waals surface area (Å²) in [5.74, 6) is 5.77. The van der Waals surface area contributed by atoms with Gasteiger partial charge in [0.25, 0.3) is 0 Å². The smallest absolute Gasteiger partial charge is 0.0342 e. The van der Waals surface area contributed by atoms with Crippen LogP contribution in [0.3, 0.4) is 0 Å². The second-order valence-corrected chi connectivity index (χ2v) is 4.11. The average Bonchev–Trinajstić information content (AvgIpc) is 2.21. The molecule has 90 valence electrons. The minimum absolute atomic E-state index is 0.895. The van der Waals surface area contributed by atoms with E-state index < -0.39 is 0 Å². The molecule has 0 aromatic rings. The number of unbranched alkanes of at least 4 members (excludes halogenated alkanes) is 4. The van der Waals surface area contributed by atoms with Crippen molar-refractivity contribution < 1.29 is 0 Å². The molecule has 3 heteroatoms. The largest absolute Gasteiger partial charge is 0.401 e. The van der Waals surface area contributed by atoms with Crippen LogP contribution in [-0.4, -0.2) is 11.6 Å². The minimum Gasteiger partial charge on any atom is -0.401 e. The minimum atomic E-state index is 0.895. The Bertz CT molecular complexity index is 166. The van der Waals surface area contributed by atoms with Gasteiger partial charge in [0.1, 0.15) is 0 Å². The first kappa shape index (κ1) is 14.3. The van der Waals surface area contributed by atoms with Crippen molar-refractivity contribution in [3.8, 4) is 0 Å². The lowest BCUT2D eigenvalue weighted by Gasteiger charge is -2.14. The lowest BCUT2D eigenvalue weighted by Crippen LogP contribution is -2.27. The molecule has 0 aliphatic carbocycles. The first-order valence-electron chi connectivity index (χ1n) is 6.18. The van der Waals surface area contributed by atoms with Gasteiger partial charge in [0.05, 0.1) is 0 Å². The summed E-state index contributed by atoms with van der Waals surface area (Å²) in [5.41, 5.74) is 6.78. The van der Waals surface area contributed by atoms with Crippen molar-refractivity contribution in [2.45, 2.75) is 58.8 Å². The van der Waals surface area contributed by atoms with E-state index in [9.17, 15) is 0 Å². The van der Waals surface area contributed by atoms with Crippen LogP contribution >= 0.6 is 0 Å². The molecule has 0 unspecified atom stereocenters. The summed E-state index contributed by atoms with van der Waals surface area (Å²) in [5, 5.41) is 1.71. The van der Waals surface area contributed by atoms with Gasteiger partial charge in [0.15, 0.2) is 0 Å². The van der Waals surface area contributed by atoms with Gasteiger partial charge in [-0.3, -0.25) is 0 Å². The Morgan fingerprint density at radius 3 is 2.33 bits per heavy atom. The van der Waals surface area contributed by atoms with Gasteiger partial charge in [-0.25, -0.2) is 5.84 Å². The monoisotopic (exact) mass is 213 g/mol. The molecule has 4 N–H and O–H groups in total. The fourth-order valence-corrected chi connectivity index (χ4v) is 1.44. The van der Waals surface area contributed by atoms with Crippen LogP contribution < -0.4 is 11.6 Å². The van der Waals surface area contributed by atoms with Crippen molar-refractivity contribution in [3.63, 3.8) is 0 Å². The third-order valence-corrected chi connectivity index (χ3v) is 2.42. The predicted octanol–water partition coefficient (Wildman–Crippen LogP) is 2.73. The van der Waals surface area contributed by atoms with Gasteiger partial charge >= 0.3 is 0 Å². The fraction of sp³-hybridized carbons (Fsp3) is 0.833. The second kappa shape index (κ2) is 9.84. The molecule has 0 aromatic heterocycles. The van der Waals surface area contributed by atoms with Crippen LogP contribution in [-0.2, 0) is 0 Å². The molecule has 0 saturated carbocycles. The molecule has 0 fully saturated rings.